The van der Waals surface area contributed by atoms with Gasteiger partial charge >= 0.3 is 0 Å². The first kappa shape index (κ1) is 13.9. The molecule has 0 aromatic rings. The smallest absolute Gasteiger partial charge is 0.0524 e. The molecular weight excluding hydrogens is 174 g/mol. The summed E-state index contributed by atoms with van der Waals surface area (Å²) >= 11 is 0. The van der Waals surface area contributed by atoms with Crippen molar-refractivity contribution in [2.24, 2.45) is 5.41 Å². The van der Waals surface area contributed by atoms with Gasteiger partial charge in [0.2, 0.25) is 0 Å². The highest BCUT2D eigenvalue weighted by atomic mass is 16.5. The zero-order valence-electron chi connectivity index (χ0n) is 10.4. The Bertz CT molecular complexity index is 111. The van der Waals surface area contributed by atoms with Crippen LogP contribution in [0.5, 0.6) is 0 Å². The highest BCUT2D eigenvalue weighted by Crippen LogP contribution is 2.36. The van der Waals surface area contributed by atoms with Gasteiger partial charge < -0.3 is 10.1 Å². The number of hydrogen-bond donors (Lipinski definition) is 1. The summed E-state index contributed by atoms with van der Waals surface area (Å²) in [4.78, 5) is 0. The van der Waals surface area contributed by atoms with Gasteiger partial charge in [-0.05, 0) is 37.8 Å². The monoisotopic (exact) mass is 201 g/mol. The van der Waals surface area contributed by atoms with Crippen LogP contribution in [0, 0.1) is 5.41 Å². The van der Waals surface area contributed by atoms with Gasteiger partial charge in [0.15, 0.2) is 0 Å². The van der Waals surface area contributed by atoms with Crippen LogP contribution in [0.25, 0.3) is 0 Å². The van der Waals surface area contributed by atoms with E-state index in [9.17, 15) is 0 Å². The Morgan fingerprint density at radius 2 is 1.50 bits per heavy atom. The fourth-order valence-corrected chi connectivity index (χ4v) is 2.00. The Balaban J connectivity index is 0.000000379. The zero-order chi connectivity index (χ0) is 10.9. The molecule has 0 aromatic heterocycles. The summed E-state index contributed by atoms with van der Waals surface area (Å²) < 4.78 is 5.41. The average molecular weight is 201 g/mol. The second-order valence-corrected chi connectivity index (χ2v) is 3.55. The zero-order valence-corrected chi connectivity index (χ0v) is 10.4. The van der Waals surface area contributed by atoms with Crippen LogP contribution >= 0.6 is 0 Å². The van der Waals surface area contributed by atoms with E-state index in [-0.39, 0.29) is 0 Å². The van der Waals surface area contributed by atoms with Crippen molar-refractivity contribution in [1.29, 1.82) is 0 Å². The fraction of sp³-hybridized carbons (Fsp3) is 1.00. The number of rotatable bonds is 0. The Kier molecular flexibility index (Phi) is 8.20. The van der Waals surface area contributed by atoms with Crippen LogP contribution < -0.4 is 5.32 Å². The lowest BCUT2D eigenvalue weighted by molar-refractivity contribution is 0.128. The van der Waals surface area contributed by atoms with E-state index in [0.29, 0.717) is 5.41 Å². The first-order valence-electron chi connectivity index (χ1n) is 6.20. The molecule has 0 unspecified atom stereocenters. The largest absolute Gasteiger partial charge is 0.381 e. The van der Waals surface area contributed by atoms with Crippen LogP contribution in [-0.4, -0.2) is 26.3 Å². The van der Waals surface area contributed by atoms with Gasteiger partial charge in [-0.2, -0.15) is 0 Å². The molecule has 0 bridgehead atoms. The quantitative estimate of drug-likeness (QED) is 0.650. The number of ether oxygens (including phenoxy) is 1. The average Bonchev–Trinajstić information content (AvgIpc) is 2.73. The minimum absolute atomic E-state index is 0.589. The lowest BCUT2D eigenvalue weighted by Gasteiger charge is -2.31. The summed E-state index contributed by atoms with van der Waals surface area (Å²) in [7, 11) is 0. The molecule has 2 fully saturated rings. The van der Waals surface area contributed by atoms with E-state index >= 15 is 0 Å². The van der Waals surface area contributed by atoms with Gasteiger partial charge in [-0.1, -0.05) is 27.7 Å². The molecule has 86 valence electrons. The topological polar surface area (TPSA) is 21.3 Å². The van der Waals surface area contributed by atoms with Crippen LogP contribution in [0.15, 0.2) is 0 Å². The van der Waals surface area contributed by atoms with Crippen LogP contribution in [0.4, 0.5) is 0 Å². The molecule has 2 aliphatic rings. The maximum Gasteiger partial charge on any atom is 0.0524 e. The molecule has 2 heteroatoms. The maximum atomic E-state index is 5.41. The molecule has 14 heavy (non-hydrogen) atoms. The van der Waals surface area contributed by atoms with E-state index < -0.39 is 0 Å². The van der Waals surface area contributed by atoms with Crippen LogP contribution in [-0.2, 0) is 4.74 Å². The molecule has 0 radical (unpaired) electrons. The molecule has 0 saturated carbocycles. The molecule has 2 saturated heterocycles. The van der Waals surface area contributed by atoms with Crippen LogP contribution in [0.1, 0.15) is 47.0 Å². The van der Waals surface area contributed by atoms with E-state index in [1.165, 1.54) is 32.4 Å². The van der Waals surface area contributed by atoms with Gasteiger partial charge in [-0.25, -0.2) is 0 Å². The van der Waals surface area contributed by atoms with Crippen molar-refractivity contribution < 1.29 is 4.74 Å². The lowest BCUT2D eigenvalue weighted by atomic mass is 9.79. The minimum atomic E-state index is 0.589. The molecule has 2 rings (SSSR count). The molecule has 0 aliphatic carbocycles. The Morgan fingerprint density at radius 3 is 1.93 bits per heavy atom. The normalized spacial score (nSPS) is 23.1. The number of nitrogens with one attached hydrogen (secondary N) is 1. The Morgan fingerprint density at radius 1 is 0.929 bits per heavy atom. The van der Waals surface area contributed by atoms with Crippen molar-refractivity contribution in [2.45, 2.75) is 47.0 Å². The Labute approximate surface area is 89.4 Å². The van der Waals surface area contributed by atoms with Gasteiger partial charge in [0.25, 0.3) is 0 Å². The summed E-state index contributed by atoms with van der Waals surface area (Å²) in [5.41, 5.74) is 0.589. The van der Waals surface area contributed by atoms with E-state index in [4.69, 9.17) is 4.74 Å². The molecule has 1 N–H and O–H groups in total. The van der Waals surface area contributed by atoms with Crippen LogP contribution in [0.2, 0.25) is 0 Å². The summed E-state index contributed by atoms with van der Waals surface area (Å²) in [6, 6.07) is 0. The molecule has 2 heterocycles. The Hall–Kier alpha value is -0.0800. The number of hydrogen-bond acceptors (Lipinski definition) is 2. The maximum absolute atomic E-state index is 5.41. The number of piperidine rings is 1. The first-order chi connectivity index (χ1) is 6.91. The van der Waals surface area contributed by atoms with Crippen LogP contribution in [0.3, 0.4) is 0 Å². The minimum Gasteiger partial charge on any atom is -0.381 e. The van der Waals surface area contributed by atoms with E-state index in [1.54, 1.807) is 0 Å². The summed E-state index contributed by atoms with van der Waals surface area (Å²) in [5, 5.41) is 3.38. The van der Waals surface area contributed by atoms with Crippen molar-refractivity contribution in [3.8, 4) is 0 Å². The molecule has 1 spiro atoms. The molecular formula is C12H27NO. The van der Waals surface area contributed by atoms with E-state index in [0.717, 1.165) is 13.2 Å². The van der Waals surface area contributed by atoms with E-state index in [2.05, 4.69) is 5.32 Å². The van der Waals surface area contributed by atoms with Crippen molar-refractivity contribution in [2.75, 3.05) is 26.3 Å². The molecule has 0 aromatic carbocycles. The van der Waals surface area contributed by atoms with Gasteiger partial charge in [-0.3, -0.25) is 0 Å². The van der Waals surface area contributed by atoms with Crippen molar-refractivity contribution >= 4 is 0 Å². The first-order valence-corrected chi connectivity index (χ1v) is 6.20. The predicted molar refractivity (Wildman–Crippen MR) is 62.7 cm³/mol. The van der Waals surface area contributed by atoms with Gasteiger partial charge in [0, 0.05) is 6.61 Å². The standard InChI is InChI=1S/C8H15NO.2C2H6/c1-4-9-5-2-8(1)3-6-10-7-8;2*1-2/h9H,1-7H2;2*1-2H3. The van der Waals surface area contributed by atoms with Gasteiger partial charge in [-0.15, -0.1) is 0 Å². The van der Waals surface area contributed by atoms with Crippen molar-refractivity contribution in [1.82, 2.24) is 5.32 Å². The van der Waals surface area contributed by atoms with E-state index in [1.807, 2.05) is 27.7 Å². The molecule has 2 aliphatic heterocycles. The fourth-order valence-electron chi connectivity index (χ4n) is 2.00. The molecule has 2 nitrogen and oxygen atoms in total. The molecule has 0 amide bonds. The lowest BCUT2D eigenvalue weighted by Crippen LogP contribution is -2.36. The predicted octanol–water partition coefficient (Wildman–Crippen LogP) is 2.83. The summed E-state index contributed by atoms with van der Waals surface area (Å²) in [5.74, 6) is 0. The van der Waals surface area contributed by atoms with Gasteiger partial charge in [0.05, 0.1) is 6.61 Å². The summed E-state index contributed by atoms with van der Waals surface area (Å²) in [6.45, 7) is 12.4. The third kappa shape index (κ3) is 3.97. The SMILES string of the molecule is C1CC2(CCN1)CCOC2.CC.CC. The highest BCUT2D eigenvalue weighted by molar-refractivity contribution is 4.87. The second kappa shape index (κ2) is 8.25. The third-order valence-corrected chi connectivity index (χ3v) is 2.85. The second-order valence-electron chi connectivity index (χ2n) is 3.55. The van der Waals surface area contributed by atoms with Crippen molar-refractivity contribution in [3.63, 3.8) is 0 Å². The summed E-state index contributed by atoms with van der Waals surface area (Å²) in [6.07, 6.45) is 3.95. The van der Waals surface area contributed by atoms with Gasteiger partial charge in [0.1, 0.15) is 0 Å². The highest BCUT2D eigenvalue weighted by Gasteiger charge is 2.35. The van der Waals surface area contributed by atoms with Crippen molar-refractivity contribution in [3.05, 3.63) is 0 Å². The third-order valence-electron chi connectivity index (χ3n) is 2.85. The molecule has 0 atom stereocenters.